The smallest absolute Gasteiger partial charge is 0.265 e. The van der Waals surface area contributed by atoms with Crippen LogP contribution in [0.25, 0.3) is 10.2 Å². The number of rotatable bonds is 5. The van der Waals surface area contributed by atoms with Gasteiger partial charge in [-0.1, -0.05) is 23.5 Å². The van der Waals surface area contributed by atoms with Crippen molar-refractivity contribution in [1.82, 2.24) is 9.99 Å². The van der Waals surface area contributed by atoms with Gasteiger partial charge in [-0.25, -0.2) is 10.8 Å². The molecule has 0 saturated carbocycles. The van der Waals surface area contributed by atoms with Gasteiger partial charge in [0, 0.05) is 17.9 Å². The summed E-state index contributed by atoms with van der Waals surface area (Å²) >= 11 is 5.88. The SMILES string of the molecule is NNC(=O)c1cc(N=c2sc3ccccc3n2CCS)ccc1C=O. The number of amides is 1. The fraction of sp³-hybridized carbons (Fsp3) is 0.118. The van der Waals surface area contributed by atoms with Gasteiger partial charge in [-0.15, -0.1) is 0 Å². The van der Waals surface area contributed by atoms with Gasteiger partial charge in [-0.05, 0) is 30.3 Å². The van der Waals surface area contributed by atoms with E-state index >= 15 is 0 Å². The van der Waals surface area contributed by atoms with Crippen LogP contribution in [0.3, 0.4) is 0 Å². The third kappa shape index (κ3) is 3.51. The summed E-state index contributed by atoms with van der Waals surface area (Å²) in [6, 6.07) is 12.9. The lowest BCUT2D eigenvalue weighted by Gasteiger charge is -2.05. The molecule has 25 heavy (non-hydrogen) atoms. The van der Waals surface area contributed by atoms with E-state index < -0.39 is 5.91 Å². The average Bonchev–Trinajstić information content (AvgIpc) is 2.98. The highest BCUT2D eigenvalue weighted by Gasteiger charge is 2.11. The van der Waals surface area contributed by atoms with E-state index in [4.69, 9.17) is 5.84 Å². The van der Waals surface area contributed by atoms with Gasteiger partial charge in [0.05, 0.1) is 21.5 Å². The maximum Gasteiger partial charge on any atom is 0.265 e. The topological polar surface area (TPSA) is 89.5 Å². The number of nitrogens with zero attached hydrogens (tertiary/aromatic N) is 2. The average molecular weight is 372 g/mol. The minimum Gasteiger partial charge on any atom is -0.316 e. The molecule has 0 spiro atoms. The van der Waals surface area contributed by atoms with E-state index in [9.17, 15) is 9.59 Å². The second-order valence-electron chi connectivity index (χ2n) is 5.20. The molecule has 0 aliphatic carbocycles. The van der Waals surface area contributed by atoms with Crippen LogP contribution < -0.4 is 16.1 Å². The monoisotopic (exact) mass is 372 g/mol. The highest BCUT2D eigenvalue weighted by atomic mass is 32.1. The number of carbonyl (C=O) groups excluding carboxylic acids is 2. The Balaban J connectivity index is 2.18. The molecular weight excluding hydrogens is 356 g/mol. The van der Waals surface area contributed by atoms with Crippen LogP contribution in [0.5, 0.6) is 0 Å². The molecule has 128 valence electrons. The van der Waals surface area contributed by atoms with Gasteiger partial charge in [0.15, 0.2) is 11.1 Å². The largest absolute Gasteiger partial charge is 0.316 e. The number of nitrogens with two attached hydrogens (primary N) is 1. The number of aldehydes is 1. The molecule has 0 saturated heterocycles. The summed E-state index contributed by atoms with van der Waals surface area (Å²) in [6.45, 7) is 0.717. The summed E-state index contributed by atoms with van der Waals surface area (Å²) in [4.78, 5) is 28.4. The Morgan fingerprint density at radius 2 is 2.12 bits per heavy atom. The maximum atomic E-state index is 11.9. The number of hydrogen-bond donors (Lipinski definition) is 3. The quantitative estimate of drug-likeness (QED) is 0.211. The lowest BCUT2D eigenvalue weighted by Crippen LogP contribution is -2.30. The first-order valence-electron chi connectivity index (χ1n) is 7.52. The number of aromatic nitrogens is 1. The van der Waals surface area contributed by atoms with Crippen molar-refractivity contribution in [2.24, 2.45) is 10.8 Å². The summed E-state index contributed by atoms with van der Waals surface area (Å²) in [5, 5.41) is 0. The zero-order valence-electron chi connectivity index (χ0n) is 13.2. The van der Waals surface area contributed by atoms with Crippen LogP contribution in [0.1, 0.15) is 20.7 Å². The first kappa shape index (κ1) is 17.4. The molecule has 0 fully saturated rings. The van der Waals surface area contributed by atoms with E-state index in [1.807, 2.05) is 29.7 Å². The number of carbonyl (C=O) groups is 2. The molecule has 0 unspecified atom stereocenters. The van der Waals surface area contributed by atoms with Crippen LogP contribution in [0.15, 0.2) is 47.5 Å². The molecule has 6 nitrogen and oxygen atoms in total. The molecule has 3 rings (SSSR count). The van der Waals surface area contributed by atoms with Crippen molar-refractivity contribution in [3.63, 3.8) is 0 Å². The van der Waals surface area contributed by atoms with E-state index in [1.165, 1.54) is 0 Å². The summed E-state index contributed by atoms with van der Waals surface area (Å²) < 4.78 is 3.20. The molecule has 0 bridgehead atoms. The van der Waals surface area contributed by atoms with E-state index in [0.717, 1.165) is 15.0 Å². The molecule has 0 atom stereocenters. The minimum absolute atomic E-state index is 0.195. The second kappa shape index (κ2) is 7.64. The normalized spacial score (nSPS) is 11.7. The predicted octanol–water partition coefficient (Wildman–Crippen LogP) is 2.28. The number of nitrogens with one attached hydrogen (secondary N) is 1. The second-order valence-corrected chi connectivity index (χ2v) is 6.66. The Hall–Kier alpha value is -2.42. The fourth-order valence-corrected chi connectivity index (χ4v) is 3.80. The fourth-order valence-electron chi connectivity index (χ4n) is 2.52. The highest BCUT2D eigenvalue weighted by Crippen LogP contribution is 2.20. The van der Waals surface area contributed by atoms with Crippen LogP contribution >= 0.6 is 24.0 Å². The Morgan fingerprint density at radius 1 is 1.32 bits per heavy atom. The third-order valence-electron chi connectivity index (χ3n) is 3.68. The van der Waals surface area contributed by atoms with E-state index in [0.29, 0.717) is 24.3 Å². The van der Waals surface area contributed by atoms with Gasteiger partial charge in [-0.3, -0.25) is 15.0 Å². The van der Waals surface area contributed by atoms with Crippen molar-refractivity contribution in [2.45, 2.75) is 6.54 Å². The number of aryl methyl sites for hydroxylation is 1. The molecule has 1 amide bonds. The van der Waals surface area contributed by atoms with Gasteiger partial charge in [0.1, 0.15) is 0 Å². The van der Waals surface area contributed by atoms with Crippen molar-refractivity contribution in [3.05, 3.63) is 58.4 Å². The van der Waals surface area contributed by atoms with Gasteiger partial charge in [0.25, 0.3) is 5.91 Å². The molecule has 0 aliphatic heterocycles. The van der Waals surface area contributed by atoms with E-state index in [-0.39, 0.29) is 11.1 Å². The molecule has 1 heterocycles. The van der Waals surface area contributed by atoms with Crippen LogP contribution in [0.2, 0.25) is 0 Å². The summed E-state index contributed by atoms with van der Waals surface area (Å²) in [5.41, 5.74) is 4.17. The predicted molar refractivity (Wildman–Crippen MR) is 102 cm³/mol. The molecule has 3 N–H and O–H groups in total. The van der Waals surface area contributed by atoms with Gasteiger partial charge in [-0.2, -0.15) is 12.6 Å². The Labute approximate surface area is 153 Å². The number of fused-ring (bicyclic) bond motifs is 1. The summed E-state index contributed by atoms with van der Waals surface area (Å²) in [5.74, 6) is 5.34. The highest BCUT2D eigenvalue weighted by molar-refractivity contribution is 7.80. The molecule has 8 heteroatoms. The van der Waals surface area contributed by atoms with E-state index in [2.05, 4.69) is 22.2 Å². The Bertz CT molecular complexity index is 1010. The number of hydrazine groups is 1. The lowest BCUT2D eigenvalue weighted by molar-refractivity contribution is 0.0948. The van der Waals surface area contributed by atoms with Crippen LogP contribution in [-0.4, -0.2) is 22.5 Å². The van der Waals surface area contributed by atoms with Crippen molar-refractivity contribution in [2.75, 3.05) is 5.75 Å². The number of nitrogen functional groups attached to an aromatic ring is 1. The molecular formula is C17H16N4O2S2. The third-order valence-corrected chi connectivity index (χ3v) is 4.94. The Morgan fingerprint density at radius 3 is 2.84 bits per heavy atom. The maximum absolute atomic E-state index is 11.9. The molecule has 1 aromatic heterocycles. The van der Waals surface area contributed by atoms with Gasteiger partial charge in [0.2, 0.25) is 0 Å². The summed E-state index contributed by atoms with van der Waals surface area (Å²) in [7, 11) is 0. The molecule has 3 aromatic rings. The summed E-state index contributed by atoms with van der Waals surface area (Å²) in [6.07, 6.45) is 0.620. The number of thiol groups is 1. The molecule has 0 radical (unpaired) electrons. The van der Waals surface area contributed by atoms with Crippen molar-refractivity contribution in [3.8, 4) is 0 Å². The van der Waals surface area contributed by atoms with Crippen LogP contribution in [0.4, 0.5) is 5.69 Å². The standard InChI is InChI=1S/C17H16N4O2S2/c18-20-16(23)13-9-12(6-5-11(13)10-22)19-17-21(7-8-24)14-3-1-2-4-15(14)25-17/h1-6,9-10,24H,7-8,18H2,(H,20,23). The Kier molecular flexibility index (Phi) is 5.32. The van der Waals surface area contributed by atoms with Crippen molar-refractivity contribution in [1.29, 1.82) is 0 Å². The van der Waals surface area contributed by atoms with E-state index in [1.54, 1.807) is 29.5 Å². The number of thiazole rings is 1. The first-order chi connectivity index (χ1) is 12.2. The number of benzene rings is 2. The van der Waals surface area contributed by atoms with Gasteiger partial charge < -0.3 is 4.57 Å². The lowest BCUT2D eigenvalue weighted by atomic mass is 10.1. The number of para-hydroxylation sites is 1. The minimum atomic E-state index is -0.529. The van der Waals surface area contributed by atoms with Crippen molar-refractivity contribution < 1.29 is 9.59 Å². The molecule has 0 aliphatic rings. The van der Waals surface area contributed by atoms with Crippen LogP contribution in [0, 0.1) is 0 Å². The van der Waals surface area contributed by atoms with Crippen molar-refractivity contribution >= 4 is 52.1 Å². The first-order valence-corrected chi connectivity index (χ1v) is 8.97. The van der Waals surface area contributed by atoms with Crippen LogP contribution in [-0.2, 0) is 6.54 Å². The zero-order valence-corrected chi connectivity index (χ0v) is 14.9. The zero-order chi connectivity index (χ0) is 17.8. The number of hydrogen-bond acceptors (Lipinski definition) is 6. The van der Waals surface area contributed by atoms with Gasteiger partial charge >= 0.3 is 0 Å². The molecule has 2 aromatic carbocycles.